The van der Waals surface area contributed by atoms with Gasteiger partial charge in [-0.15, -0.1) is 0 Å². The second-order valence-electron chi connectivity index (χ2n) is 7.70. The molecule has 29 heavy (non-hydrogen) atoms. The lowest BCUT2D eigenvalue weighted by atomic mass is 9.98. The summed E-state index contributed by atoms with van der Waals surface area (Å²) in [6, 6.07) is 17.7. The van der Waals surface area contributed by atoms with E-state index in [4.69, 9.17) is 15.0 Å². The number of nitriles is 1. The van der Waals surface area contributed by atoms with Gasteiger partial charge in [-0.05, 0) is 61.6 Å². The van der Waals surface area contributed by atoms with Crippen molar-refractivity contribution in [2.24, 2.45) is 5.92 Å². The molecule has 0 saturated carbocycles. The molecule has 0 amide bonds. The summed E-state index contributed by atoms with van der Waals surface area (Å²) in [6.45, 7) is 4.59. The summed E-state index contributed by atoms with van der Waals surface area (Å²) in [4.78, 5) is 7.09. The highest BCUT2D eigenvalue weighted by molar-refractivity contribution is 5.92. The van der Waals surface area contributed by atoms with E-state index in [-0.39, 0.29) is 6.61 Å². The van der Waals surface area contributed by atoms with Gasteiger partial charge in [0, 0.05) is 42.5 Å². The van der Waals surface area contributed by atoms with E-state index in [1.807, 2.05) is 31.2 Å². The molecule has 1 aromatic heterocycles. The zero-order valence-corrected chi connectivity index (χ0v) is 16.6. The number of hydrogen-bond donors (Lipinski definition) is 1. The number of pyridine rings is 1. The summed E-state index contributed by atoms with van der Waals surface area (Å²) in [5, 5.41) is 19.6. The van der Waals surface area contributed by atoms with Crippen molar-refractivity contribution in [3.63, 3.8) is 0 Å². The molecule has 5 nitrogen and oxygen atoms in total. The average Bonchev–Trinajstić information content (AvgIpc) is 2.77. The molecule has 2 aromatic carbocycles. The smallest absolute Gasteiger partial charge is 0.122 e. The Kier molecular flexibility index (Phi) is 5.64. The lowest BCUT2D eigenvalue weighted by Gasteiger charge is -2.34. The van der Waals surface area contributed by atoms with Crippen molar-refractivity contribution in [2.75, 3.05) is 24.6 Å². The van der Waals surface area contributed by atoms with E-state index < -0.39 is 0 Å². The van der Waals surface area contributed by atoms with Crippen molar-refractivity contribution in [1.82, 2.24) is 4.98 Å². The monoisotopic (exact) mass is 387 g/mol. The summed E-state index contributed by atoms with van der Waals surface area (Å²) in [6.07, 6.45) is 2.18. The molecule has 1 saturated heterocycles. The van der Waals surface area contributed by atoms with Crippen molar-refractivity contribution < 1.29 is 9.84 Å². The highest BCUT2D eigenvalue weighted by Gasteiger charge is 2.21. The summed E-state index contributed by atoms with van der Waals surface area (Å²) in [5.74, 6) is 1.11. The highest BCUT2D eigenvalue weighted by Crippen LogP contribution is 2.32. The van der Waals surface area contributed by atoms with Gasteiger partial charge in [0.05, 0.1) is 17.1 Å². The van der Waals surface area contributed by atoms with Crippen LogP contribution in [0, 0.1) is 24.2 Å². The molecule has 148 valence electrons. The molecule has 3 aromatic rings. The minimum Gasteiger partial charge on any atom is -0.489 e. The fourth-order valence-corrected chi connectivity index (χ4v) is 3.94. The van der Waals surface area contributed by atoms with Gasteiger partial charge in [0.2, 0.25) is 0 Å². The highest BCUT2D eigenvalue weighted by atomic mass is 16.5. The van der Waals surface area contributed by atoms with Crippen molar-refractivity contribution in [1.29, 1.82) is 5.26 Å². The van der Waals surface area contributed by atoms with Crippen LogP contribution in [0.15, 0.2) is 48.5 Å². The summed E-state index contributed by atoms with van der Waals surface area (Å²) in [7, 11) is 0. The van der Waals surface area contributed by atoms with E-state index in [0.717, 1.165) is 53.8 Å². The number of aromatic nitrogens is 1. The number of piperidine rings is 1. The Balaban J connectivity index is 1.56. The SMILES string of the molecule is Cc1cc(N2CCCC(CO)C2)c2ccc(OCc3ccc(C#N)cc3)cc2n1. The molecule has 1 aliphatic rings. The van der Waals surface area contributed by atoms with Crippen molar-refractivity contribution in [3.8, 4) is 11.8 Å². The van der Waals surface area contributed by atoms with E-state index in [1.54, 1.807) is 12.1 Å². The molecular formula is C24H25N3O2. The number of aliphatic hydroxyl groups excluding tert-OH is 1. The van der Waals surface area contributed by atoms with Gasteiger partial charge < -0.3 is 14.7 Å². The standard InChI is InChI=1S/C24H25N3O2/c1-17-11-24(27-10-2-3-20(14-27)15-28)22-9-8-21(12-23(22)26-17)29-16-19-6-4-18(13-25)5-7-19/h4-9,11-12,20,28H,2-3,10,14-16H2,1H3. The van der Waals surface area contributed by atoms with E-state index in [9.17, 15) is 5.11 Å². The first-order chi connectivity index (χ1) is 14.2. The van der Waals surface area contributed by atoms with Crippen molar-refractivity contribution >= 4 is 16.6 Å². The number of nitrogens with zero attached hydrogens (tertiary/aromatic N) is 3. The molecule has 1 aliphatic heterocycles. The third-order valence-electron chi connectivity index (χ3n) is 5.49. The number of hydrogen-bond acceptors (Lipinski definition) is 5. The number of aliphatic hydroxyl groups is 1. The quantitative estimate of drug-likeness (QED) is 0.710. The normalized spacial score (nSPS) is 16.6. The predicted octanol–water partition coefficient (Wildman–Crippen LogP) is 4.20. The molecule has 1 N–H and O–H groups in total. The molecule has 4 rings (SSSR count). The van der Waals surface area contributed by atoms with E-state index >= 15 is 0 Å². The minimum atomic E-state index is 0.242. The van der Waals surface area contributed by atoms with Gasteiger partial charge in [-0.25, -0.2) is 0 Å². The van der Waals surface area contributed by atoms with E-state index in [1.165, 1.54) is 5.69 Å². The molecule has 5 heteroatoms. The Hall–Kier alpha value is -3.10. The molecule has 0 spiro atoms. The Morgan fingerprint density at radius 1 is 1.21 bits per heavy atom. The first-order valence-electron chi connectivity index (χ1n) is 10.1. The van der Waals surface area contributed by atoms with Gasteiger partial charge >= 0.3 is 0 Å². The maximum absolute atomic E-state index is 9.57. The molecule has 1 fully saturated rings. The number of rotatable bonds is 5. The minimum absolute atomic E-state index is 0.242. The zero-order chi connectivity index (χ0) is 20.2. The van der Waals surface area contributed by atoms with Crippen LogP contribution < -0.4 is 9.64 Å². The number of aryl methyl sites for hydroxylation is 1. The van der Waals surface area contributed by atoms with Crippen LogP contribution in [-0.4, -0.2) is 29.8 Å². The number of benzene rings is 2. The van der Waals surface area contributed by atoms with E-state index in [2.05, 4.69) is 23.1 Å². The molecule has 2 heterocycles. The predicted molar refractivity (Wildman–Crippen MR) is 114 cm³/mol. The maximum Gasteiger partial charge on any atom is 0.122 e. The molecule has 0 bridgehead atoms. The number of fused-ring (bicyclic) bond motifs is 1. The van der Waals surface area contributed by atoms with Crippen LogP contribution in [0.5, 0.6) is 5.75 Å². The van der Waals surface area contributed by atoms with Crippen LogP contribution in [-0.2, 0) is 6.61 Å². The Morgan fingerprint density at radius 3 is 2.79 bits per heavy atom. The summed E-state index contributed by atoms with van der Waals surface area (Å²) >= 11 is 0. The van der Waals surface area contributed by atoms with Gasteiger partial charge in [-0.1, -0.05) is 12.1 Å². The zero-order valence-electron chi connectivity index (χ0n) is 16.6. The van der Waals surface area contributed by atoms with Gasteiger partial charge in [0.1, 0.15) is 12.4 Å². The van der Waals surface area contributed by atoms with Gasteiger partial charge in [-0.3, -0.25) is 4.98 Å². The van der Waals surface area contributed by atoms with Crippen LogP contribution in [0.4, 0.5) is 5.69 Å². The fraction of sp³-hybridized carbons (Fsp3) is 0.333. The number of anilines is 1. The van der Waals surface area contributed by atoms with Crippen molar-refractivity contribution in [3.05, 3.63) is 65.4 Å². The van der Waals surface area contributed by atoms with Crippen LogP contribution in [0.2, 0.25) is 0 Å². The van der Waals surface area contributed by atoms with Crippen LogP contribution >= 0.6 is 0 Å². The lowest BCUT2D eigenvalue weighted by molar-refractivity contribution is 0.209. The molecular weight excluding hydrogens is 362 g/mol. The van der Waals surface area contributed by atoms with Crippen LogP contribution in [0.1, 0.15) is 29.7 Å². The van der Waals surface area contributed by atoms with Crippen LogP contribution in [0.3, 0.4) is 0 Å². The number of ether oxygens (including phenoxy) is 1. The Bertz CT molecular complexity index is 1040. The Labute approximate surface area is 171 Å². The third-order valence-corrected chi connectivity index (χ3v) is 5.49. The molecule has 0 radical (unpaired) electrons. The maximum atomic E-state index is 9.57. The summed E-state index contributed by atoms with van der Waals surface area (Å²) in [5.41, 5.74) is 4.74. The average molecular weight is 387 g/mol. The van der Waals surface area contributed by atoms with Gasteiger partial charge in [0.15, 0.2) is 0 Å². The van der Waals surface area contributed by atoms with Gasteiger partial charge in [0.25, 0.3) is 0 Å². The Morgan fingerprint density at radius 2 is 2.03 bits per heavy atom. The molecule has 1 atom stereocenters. The van der Waals surface area contributed by atoms with Crippen molar-refractivity contribution in [2.45, 2.75) is 26.4 Å². The lowest BCUT2D eigenvalue weighted by Crippen LogP contribution is -2.37. The van der Waals surface area contributed by atoms with E-state index in [0.29, 0.717) is 18.1 Å². The largest absolute Gasteiger partial charge is 0.489 e. The fourth-order valence-electron chi connectivity index (χ4n) is 3.94. The third kappa shape index (κ3) is 4.33. The summed E-state index contributed by atoms with van der Waals surface area (Å²) < 4.78 is 5.96. The van der Waals surface area contributed by atoms with Gasteiger partial charge in [-0.2, -0.15) is 5.26 Å². The molecule has 0 aliphatic carbocycles. The first kappa shape index (κ1) is 19.2. The second-order valence-corrected chi connectivity index (χ2v) is 7.70. The van der Waals surface area contributed by atoms with Crippen LogP contribution in [0.25, 0.3) is 10.9 Å². The topological polar surface area (TPSA) is 69.4 Å². The second kappa shape index (κ2) is 8.50. The first-order valence-corrected chi connectivity index (χ1v) is 10.1. The molecule has 1 unspecified atom stereocenters.